The number of aromatic nitrogens is 21. The van der Waals surface area contributed by atoms with Crippen molar-refractivity contribution < 1.29 is 5.11 Å². The van der Waals surface area contributed by atoms with Gasteiger partial charge in [-0.3, -0.25) is 25.5 Å². The average Bonchev–Trinajstić information content (AvgIpc) is 1.67. The third-order valence-electron chi connectivity index (χ3n) is 25.8. The molecule has 5 fully saturated rings. The monoisotopic (exact) mass is 1850 g/mol. The van der Waals surface area contributed by atoms with Gasteiger partial charge in [0.25, 0.3) is 0 Å². The van der Waals surface area contributed by atoms with E-state index in [-0.39, 0.29) is 22.2 Å². The maximum absolute atomic E-state index is 10.4. The third-order valence-corrected chi connectivity index (χ3v) is 28.4. The first-order valence-electron chi connectivity index (χ1n) is 43.0. The Morgan fingerprint density at radius 3 is 0.811 bits per heavy atom. The number of H-pyrrole nitrogens is 5. The number of rotatable bonds is 15. The molecule has 0 amide bonds. The fraction of sp³-hybridized carbons (Fsp3) is 0.393. The molecule has 0 spiro atoms. The fourth-order valence-corrected chi connectivity index (χ4v) is 18.0. The number of aromatic amines is 5. The highest BCUT2D eigenvalue weighted by atomic mass is 35.5. The summed E-state index contributed by atoms with van der Waals surface area (Å²) in [4.78, 5) is 61.4. The number of benzene rings is 4. The number of piperidine rings is 5. The number of nitrogens with one attached hydrogen (secondary N) is 5. The quantitative estimate of drug-likeness (QED) is 0.0426. The normalized spacial score (nSPS) is 17.1. The Morgan fingerprint density at radius 2 is 0.543 bits per heavy atom. The Morgan fingerprint density at radius 1 is 0.299 bits per heavy atom. The smallest absolute Gasteiger partial charge is 0.202 e. The van der Waals surface area contributed by atoms with Crippen molar-refractivity contribution in [3.05, 3.63) is 170 Å². The molecular weight excluding hydrogens is 1750 g/mol. The van der Waals surface area contributed by atoms with E-state index in [2.05, 4.69) is 158 Å². The molecule has 5 aliphatic heterocycles. The van der Waals surface area contributed by atoms with Gasteiger partial charge in [0, 0.05) is 122 Å². The topological polar surface area (TPSA) is 426 Å². The van der Waals surface area contributed by atoms with Gasteiger partial charge in [0.15, 0.2) is 0 Å². The summed E-state index contributed by atoms with van der Waals surface area (Å²) in [6.45, 7) is 19.2. The molecule has 31 nitrogen and oxygen atoms in total. The molecule has 0 aliphatic carbocycles. The lowest BCUT2D eigenvalue weighted by molar-refractivity contribution is 0.0124. The van der Waals surface area contributed by atoms with E-state index >= 15 is 0 Å². The zero-order valence-electron chi connectivity index (χ0n) is 71.2. The van der Waals surface area contributed by atoms with Crippen molar-refractivity contribution in [2.75, 3.05) is 89.9 Å². The van der Waals surface area contributed by atoms with Gasteiger partial charge in [-0.2, -0.15) is 25.5 Å². The summed E-state index contributed by atoms with van der Waals surface area (Å²) in [5.74, 6) is 4.13. The van der Waals surface area contributed by atoms with Crippen LogP contribution in [-0.2, 0) is 0 Å². The molecule has 16 heterocycles. The molecule has 0 bridgehead atoms. The van der Waals surface area contributed by atoms with E-state index < -0.39 is 5.60 Å². The van der Waals surface area contributed by atoms with Crippen LogP contribution in [0.25, 0.3) is 112 Å². The Kier molecular flexibility index (Phi) is 27.3. The van der Waals surface area contributed by atoms with Crippen LogP contribution in [-0.4, -0.2) is 204 Å². The van der Waals surface area contributed by atoms with E-state index in [4.69, 9.17) is 104 Å². The summed E-state index contributed by atoms with van der Waals surface area (Å²) in [7, 11) is 0. The molecular formula is C89H101Cl7N30O. The van der Waals surface area contributed by atoms with Crippen LogP contribution in [0.4, 0.5) is 29.1 Å². The zero-order valence-corrected chi connectivity index (χ0v) is 76.5. The minimum Gasteiger partial charge on any atom is -0.390 e. The minimum absolute atomic E-state index is 0.0441. The molecule has 0 radical (unpaired) electrons. The fourth-order valence-electron chi connectivity index (χ4n) is 16.6. The molecule has 0 saturated carbocycles. The van der Waals surface area contributed by atoms with Gasteiger partial charge in [0.2, 0.25) is 28.2 Å². The van der Waals surface area contributed by atoms with Gasteiger partial charge in [-0.05, 0) is 133 Å². The molecule has 127 heavy (non-hydrogen) atoms. The van der Waals surface area contributed by atoms with E-state index in [1.54, 1.807) is 43.1 Å². The largest absolute Gasteiger partial charge is 0.390 e. The number of hydrogen-bond acceptors (Lipinski definition) is 26. The molecule has 5 saturated heterocycles. The van der Waals surface area contributed by atoms with E-state index in [0.29, 0.717) is 85.6 Å². The Balaban J connectivity index is 0.000000117. The summed E-state index contributed by atoms with van der Waals surface area (Å²) in [5, 5.41) is 50.6. The number of halogens is 7. The molecule has 15 aromatic rings. The second kappa shape index (κ2) is 38.5. The van der Waals surface area contributed by atoms with E-state index in [9.17, 15) is 5.11 Å². The van der Waals surface area contributed by atoms with Crippen LogP contribution >= 0.6 is 81.2 Å². The van der Waals surface area contributed by atoms with Crippen molar-refractivity contribution in [2.24, 2.45) is 22.9 Å². The van der Waals surface area contributed by atoms with Gasteiger partial charge >= 0.3 is 0 Å². The van der Waals surface area contributed by atoms with Crippen molar-refractivity contribution in [3.63, 3.8) is 0 Å². The summed E-state index contributed by atoms with van der Waals surface area (Å²) in [6.07, 6.45) is 24.5. The highest BCUT2D eigenvalue weighted by Crippen LogP contribution is 2.41. The van der Waals surface area contributed by atoms with Crippen molar-refractivity contribution in [1.29, 1.82) is 0 Å². The molecule has 662 valence electrons. The Bertz CT molecular complexity index is 5850. The van der Waals surface area contributed by atoms with Gasteiger partial charge in [-0.25, -0.2) is 54.8 Å². The maximum atomic E-state index is 10.4. The van der Waals surface area contributed by atoms with Gasteiger partial charge in [-0.15, -0.1) is 0 Å². The lowest BCUT2D eigenvalue weighted by atomic mass is 9.86. The summed E-state index contributed by atoms with van der Waals surface area (Å²) in [5.41, 5.74) is 38.9. The molecule has 11 aromatic heterocycles. The van der Waals surface area contributed by atoms with Crippen LogP contribution < -0.4 is 47.4 Å². The molecule has 0 unspecified atom stereocenters. The molecule has 38 heteroatoms. The molecule has 4 aromatic carbocycles. The summed E-state index contributed by atoms with van der Waals surface area (Å²) in [6, 6.07) is 29.9. The van der Waals surface area contributed by atoms with Crippen LogP contribution in [0.1, 0.15) is 131 Å². The third kappa shape index (κ3) is 19.6. The summed E-state index contributed by atoms with van der Waals surface area (Å²) < 4.78 is 0. The number of hydrogen-bond donors (Lipinski definition) is 10. The van der Waals surface area contributed by atoms with Gasteiger partial charge in [0.1, 0.15) is 61.8 Å². The number of aliphatic hydroxyl groups is 1. The van der Waals surface area contributed by atoms with Crippen LogP contribution in [0, 0.1) is 0 Å². The van der Waals surface area contributed by atoms with Crippen molar-refractivity contribution in [2.45, 2.75) is 159 Å². The van der Waals surface area contributed by atoms with Gasteiger partial charge in [-0.1, -0.05) is 176 Å². The second-order valence-electron chi connectivity index (χ2n) is 33.4. The molecule has 14 N–H and O–H groups in total. The van der Waals surface area contributed by atoms with Gasteiger partial charge in [0.05, 0.1) is 95.2 Å². The highest BCUT2D eigenvalue weighted by molar-refractivity contribution is 6.44. The lowest BCUT2D eigenvalue weighted by Gasteiger charge is -2.39. The van der Waals surface area contributed by atoms with E-state index in [0.717, 1.165) is 253 Å². The Labute approximate surface area is 769 Å². The minimum atomic E-state index is -0.544. The second-order valence-corrected chi connectivity index (χ2v) is 36.1. The standard InChI is InChI=1S/2C18H20Cl2N6.C18H21ClN6.C18H20ClN5O.C17H20ClN7/c2*1-2-18(21)6-8-26(9-7-18)13-10-22-16-15(24-25-17(16)23-13)11-4-3-5-12(19)14(11)20;1-2-18(20)7-9-25(10-8-18)14-11-21-16-15(23-24-17(16)22-14)12-5-3-4-6-13(12)19;1-2-18(25)7-9-24(10-8-18)14-11-20-16-15(22-23-17(16)21-14)12-5-3-4-6-13(12)19;1-2-17(19)5-8-25(9-6-17)12-10-21-14-13(23-24-16(14)22-12)11-4-3-7-20-15(11)18/h2*3-5,10H,2,6-9,21H2,1H3,(H,23,24,25);3-6,11H,2,7-10,20H2,1H3,(H,22,23,24);3-6,11,25H,2,7-10H2,1H3,(H,21,22,23);3-4,7,10H,2,5-6,8-9,19H2,1H3,(H,22,23,24). The van der Waals surface area contributed by atoms with E-state index in [1.807, 2.05) is 98.0 Å². The van der Waals surface area contributed by atoms with Crippen molar-refractivity contribution in [3.8, 4) is 56.3 Å². The molecule has 0 atom stereocenters. The molecule has 20 rings (SSSR count). The van der Waals surface area contributed by atoms with Crippen molar-refractivity contribution in [1.82, 2.24) is 106 Å². The SMILES string of the molecule is CCC1(N)CCN(c2cnc3c(-c4cccc(Cl)c4Cl)[nH]nc3n2)CC1.CCC1(N)CCN(c2cnc3c(-c4cccc(Cl)c4Cl)[nH]nc3n2)CC1.CCC1(N)CCN(c2cnc3c(-c4ccccc4Cl)[nH]nc3n2)CC1.CCC1(N)CCN(c2cnc3c(-c4cccnc4Cl)[nH]nc3n2)CC1.CCC1(O)CCN(c2cnc3c(-c4ccccc4Cl)[nH]nc3n2)CC1. The van der Waals surface area contributed by atoms with E-state index in [1.165, 1.54) is 0 Å². The predicted molar refractivity (Wildman–Crippen MR) is 510 cm³/mol. The predicted octanol–water partition coefficient (Wildman–Crippen LogP) is 17.6. The highest BCUT2D eigenvalue weighted by Gasteiger charge is 2.36. The zero-order chi connectivity index (χ0) is 88.9. The number of anilines is 5. The van der Waals surface area contributed by atoms with Crippen LogP contribution in [0.5, 0.6) is 0 Å². The molecule has 5 aliphatic rings. The van der Waals surface area contributed by atoms with Crippen LogP contribution in [0.3, 0.4) is 0 Å². The van der Waals surface area contributed by atoms with Crippen molar-refractivity contribution >= 4 is 166 Å². The van der Waals surface area contributed by atoms with Crippen LogP contribution in [0.15, 0.2) is 134 Å². The summed E-state index contributed by atoms with van der Waals surface area (Å²) >= 11 is 43.7. The first-order valence-corrected chi connectivity index (χ1v) is 45.6. The van der Waals surface area contributed by atoms with Crippen LogP contribution in [0.2, 0.25) is 35.3 Å². The first kappa shape index (κ1) is 90.0. The van der Waals surface area contributed by atoms with Gasteiger partial charge < -0.3 is 52.5 Å². The average molecular weight is 1860 g/mol. The number of nitrogens with zero attached hydrogens (tertiary/aromatic N) is 21. The Hall–Kier alpha value is -10.4. The number of nitrogens with two attached hydrogens (primary N) is 4. The number of fused-ring (bicyclic) bond motifs is 5. The first-order chi connectivity index (χ1) is 61.3. The maximum Gasteiger partial charge on any atom is 0.202 e. The number of pyridine rings is 1. The lowest BCUT2D eigenvalue weighted by Crippen LogP contribution is -2.50.